The Morgan fingerprint density at radius 1 is 1.07 bits per heavy atom. The number of hydrogen-bond donors (Lipinski definition) is 1. The number of nitrogens with two attached hydrogens (primary N) is 1. The van der Waals surface area contributed by atoms with Crippen molar-refractivity contribution in [2.75, 3.05) is 13.2 Å². The van der Waals surface area contributed by atoms with E-state index < -0.39 is 10.1 Å². The summed E-state index contributed by atoms with van der Waals surface area (Å²) in [5, 5.41) is 1.27. The maximum atomic E-state index is 12.8. The third-order valence-corrected chi connectivity index (χ3v) is 5.12. The highest BCUT2D eigenvalue weighted by Crippen LogP contribution is 2.28. The van der Waals surface area contributed by atoms with Crippen LogP contribution in [-0.2, 0) is 15.0 Å². The van der Waals surface area contributed by atoms with Gasteiger partial charge in [-0.05, 0) is 36.8 Å². The zero-order chi connectivity index (χ0) is 19.3. The molecule has 7 nitrogen and oxygen atoms in total. The molecule has 3 rings (SSSR count). The molecule has 0 fully saturated rings. The van der Waals surface area contributed by atoms with E-state index in [-0.39, 0.29) is 10.6 Å². The molecule has 0 aliphatic heterocycles. The zero-order valence-electron chi connectivity index (χ0n) is 14.8. The number of pyridine rings is 1. The normalized spacial score (nSPS) is 11.5. The van der Waals surface area contributed by atoms with Crippen LogP contribution in [0.3, 0.4) is 0 Å². The van der Waals surface area contributed by atoms with Crippen LogP contribution in [0.15, 0.2) is 59.8 Å². The van der Waals surface area contributed by atoms with Crippen LogP contribution in [-0.4, -0.2) is 26.6 Å². The molecule has 0 radical (unpaired) electrons. The average molecular weight is 388 g/mol. The van der Waals surface area contributed by atoms with Crippen molar-refractivity contribution in [1.82, 2.24) is 4.98 Å². The summed E-state index contributed by atoms with van der Waals surface area (Å²) in [6, 6.07) is 11.6. The number of hydrogen-bond acceptors (Lipinski definition) is 7. The molecule has 142 valence electrons. The summed E-state index contributed by atoms with van der Waals surface area (Å²) in [6.45, 7) is 2.60. The Kier molecular flexibility index (Phi) is 5.90. The first-order chi connectivity index (χ1) is 13.0. The second kappa shape index (κ2) is 8.34. The van der Waals surface area contributed by atoms with Crippen molar-refractivity contribution in [3.8, 4) is 11.5 Å². The number of aromatic nitrogens is 1. The first kappa shape index (κ1) is 19.1. The summed E-state index contributed by atoms with van der Waals surface area (Å²) in [5.41, 5.74) is 0.815. The van der Waals surface area contributed by atoms with Gasteiger partial charge in [0, 0.05) is 35.7 Å². The van der Waals surface area contributed by atoms with Gasteiger partial charge in [0.05, 0.1) is 13.2 Å². The van der Waals surface area contributed by atoms with E-state index in [2.05, 4.69) is 9.82 Å². The minimum atomic E-state index is -4.02. The van der Waals surface area contributed by atoms with Crippen molar-refractivity contribution >= 4 is 20.9 Å². The number of benzene rings is 2. The quantitative estimate of drug-likeness (QED) is 0.360. The molecule has 0 saturated heterocycles. The third kappa shape index (κ3) is 4.73. The first-order valence-electron chi connectivity index (χ1n) is 8.33. The lowest BCUT2D eigenvalue weighted by atomic mass is 10.2. The first-order valence-corrected chi connectivity index (χ1v) is 9.74. The molecule has 0 spiro atoms. The van der Waals surface area contributed by atoms with Crippen LogP contribution in [0.25, 0.3) is 10.8 Å². The average Bonchev–Trinajstić information content (AvgIpc) is 2.64. The summed E-state index contributed by atoms with van der Waals surface area (Å²) in [7, 11) is -4.02. The Morgan fingerprint density at radius 2 is 1.89 bits per heavy atom. The van der Waals surface area contributed by atoms with E-state index in [0.717, 1.165) is 10.9 Å². The van der Waals surface area contributed by atoms with Gasteiger partial charge in [-0.1, -0.05) is 12.1 Å². The minimum absolute atomic E-state index is 0.0893. The van der Waals surface area contributed by atoms with E-state index in [1.165, 1.54) is 6.07 Å². The maximum Gasteiger partial charge on any atom is 0.339 e. The topological polar surface area (TPSA) is 101 Å². The van der Waals surface area contributed by atoms with Gasteiger partial charge in [0.1, 0.15) is 16.4 Å². The number of nitrogens with zero attached hydrogens (tertiary/aromatic N) is 1. The highest BCUT2D eigenvalue weighted by atomic mass is 32.2. The maximum absolute atomic E-state index is 12.8. The molecular weight excluding hydrogens is 368 g/mol. The van der Waals surface area contributed by atoms with E-state index in [0.29, 0.717) is 30.8 Å². The van der Waals surface area contributed by atoms with Crippen LogP contribution in [0.2, 0.25) is 0 Å². The molecule has 0 saturated carbocycles. The van der Waals surface area contributed by atoms with Gasteiger partial charge in [0.2, 0.25) is 0 Å². The van der Waals surface area contributed by atoms with Gasteiger partial charge in [0.15, 0.2) is 0 Å². The van der Waals surface area contributed by atoms with Gasteiger partial charge < -0.3 is 13.8 Å². The predicted octanol–water partition coefficient (Wildman–Crippen LogP) is 2.97. The van der Waals surface area contributed by atoms with Crippen LogP contribution < -0.4 is 14.8 Å². The number of ether oxygens (including phenoxy) is 1. The van der Waals surface area contributed by atoms with Gasteiger partial charge in [-0.3, -0.25) is 4.98 Å². The summed E-state index contributed by atoms with van der Waals surface area (Å²) < 4.78 is 36.6. The Balaban J connectivity index is 1.86. The Bertz CT molecular complexity index is 1030. The number of aryl methyl sites for hydroxylation is 1. The van der Waals surface area contributed by atoms with E-state index in [1.54, 1.807) is 48.8 Å². The molecule has 2 N–H and O–H groups in total. The predicted molar refractivity (Wildman–Crippen MR) is 101 cm³/mol. The summed E-state index contributed by atoms with van der Waals surface area (Å²) in [4.78, 5) is 8.59. The Hall–Kier alpha value is -2.68. The molecule has 0 amide bonds. The second-order valence-corrected chi connectivity index (χ2v) is 7.46. The highest BCUT2D eigenvalue weighted by Gasteiger charge is 2.20. The molecule has 0 aliphatic rings. The van der Waals surface area contributed by atoms with Gasteiger partial charge in [0.25, 0.3) is 0 Å². The van der Waals surface area contributed by atoms with E-state index in [1.807, 2.05) is 6.92 Å². The SMILES string of the molecule is Cc1cc(OCCCON)cc(OS(=O)(=O)c2cccc3cnccc23)c1. The number of fused-ring (bicyclic) bond motifs is 1. The Morgan fingerprint density at radius 3 is 2.70 bits per heavy atom. The second-order valence-electron chi connectivity index (χ2n) is 5.94. The van der Waals surface area contributed by atoms with Crippen molar-refractivity contribution in [3.63, 3.8) is 0 Å². The van der Waals surface area contributed by atoms with Gasteiger partial charge in [-0.15, -0.1) is 0 Å². The Labute approximate surface area is 157 Å². The molecule has 27 heavy (non-hydrogen) atoms. The van der Waals surface area contributed by atoms with Crippen LogP contribution in [0.1, 0.15) is 12.0 Å². The van der Waals surface area contributed by atoms with Crippen LogP contribution in [0.5, 0.6) is 11.5 Å². The molecule has 3 aromatic rings. The lowest BCUT2D eigenvalue weighted by Crippen LogP contribution is -2.11. The van der Waals surface area contributed by atoms with Crippen molar-refractivity contribution < 1.29 is 22.2 Å². The van der Waals surface area contributed by atoms with Gasteiger partial charge in [-0.2, -0.15) is 8.42 Å². The molecule has 0 bridgehead atoms. The molecular formula is C19H20N2O5S. The summed E-state index contributed by atoms with van der Waals surface area (Å²) in [5.74, 6) is 5.67. The van der Waals surface area contributed by atoms with Crippen LogP contribution >= 0.6 is 0 Å². The van der Waals surface area contributed by atoms with Crippen molar-refractivity contribution in [3.05, 3.63) is 60.4 Å². The lowest BCUT2D eigenvalue weighted by Gasteiger charge is -2.12. The molecule has 0 unspecified atom stereocenters. The van der Waals surface area contributed by atoms with Crippen LogP contribution in [0, 0.1) is 6.92 Å². The zero-order valence-corrected chi connectivity index (χ0v) is 15.6. The molecule has 1 heterocycles. The fraction of sp³-hybridized carbons (Fsp3) is 0.211. The van der Waals surface area contributed by atoms with Crippen molar-refractivity contribution in [1.29, 1.82) is 0 Å². The monoisotopic (exact) mass is 388 g/mol. The summed E-state index contributed by atoms with van der Waals surface area (Å²) in [6.07, 6.45) is 3.77. The molecule has 2 aromatic carbocycles. The van der Waals surface area contributed by atoms with Crippen molar-refractivity contribution in [2.24, 2.45) is 5.90 Å². The lowest BCUT2D eigenvalue weighted by molar-refractivity contribution is 0.122. The van der Waals surface area contributed by atoms with Gasteiger partial charge in [-0.25, -0.2) is 5.90 Å². The van der Waals surface area contributed by atoms with Crippen LogP contribution in [0.4, 0.5) is 0 Å². The summed E-state index contributed by atoms with van der Waals surface area (Å²) >= 11 is 0. The molecule has 0 aliphatic carbocycles. The molecule has 1 aromatic heterocycles. The van der Waals surface area contributed by atoms with E-state index in [4.69, 9.17) is 14.8 Å². The largest absolute Gasteiger partial charge is 0.493 e. The fourth-order valence-electron chi connectivity index (χ4n) is 2.66. The number of rotatable bonds is 8. The molecule has 8 heteroatoms. The fourth-order valence-corrected chi connectivity index (χ4v) is 3.80. The highest BCUT2D eigenvalue weighted by molar-refractivity contribution is 7.87. The minimum Gasteiger partial charge on any atom is -0.493 e. The third-order valence-electron chi connectivity index (χ3n) is 3.82. The smallest absolute Gasteiger partial charge is 0.339 e. The van der Waals surface area contributed by atoms with Crippen molar-refractivity contribution in [2.45, 2.75) is 18.2 Å². The molecule has 0 atom stereocenters. The van der Waals surface area contributed by atoms with E-state index >= 15 is 0 Å². The van der Waals surface area contributed by atoms with E-state index in [9.17, 15) is 8.42 Å². The standard InChI is InChI=1S/C19H20N2O5S/c1-14-10-16(24-8-3-9-25-20)12-17(11-14)26-27(22,23)19-5-2-4-15-13-21-7-6-18(15)19/h2,4-7,10-13H,3,8-9,20H2,1H3. The van der Waals surface area contributed by atoms with Gasteiger partial charge >= 0.3 is 10.1 Å².